The van der Waals surface area contributed by atoms with Crippen molar-refractivity contribution in [3.8, 4) is 11.5 Å². The van der Waals surface area contributed by atoms with Crippen LogP contribution in [0.15, 0.2) is 12.1 Å². The standard InChI is InChI=1S/C13H17ClO4/c1-8(2)18-12-7-10(14)9(4-5-13(15)16)6-11(12)17-3/h6-8H,4-5H2,1-3H3,(H,15,16). The molecule has 1 rings (SSSR count). The highest BCUT2D eigenvalue weighted by Gasteiger charge is 2.12. The van der Waals surface area contributed by atoms with Gasteiger partial charge in [0.15, 0.2) is 11.5 Å². The molecule has 18 heavy (non-hydrogen) atoms. The molecule has 0 radical (unpaired) electrons. The minimum Gasteiger partial charge on any atom is -0.493 e. The van der Waals surface area contributed by atoms with Gasteiger partial charge in [-0.05, 0) is 31.9 Å². The third-order valence-corrected chi connectivity index (χ3v) is 2.66. The monoisotopic (exact) mass is 272 g/mol. The van der Waals surface area contributed by atoms with Crippen LogP contribution in [0.25, 0.3) is 0 Å². The average Bonchev–Trinajstić information content (AvgIpc) is 2.27. The second-order valence-corrected chi connectivity index (χ2v) is 4.56. The smallest absolute Gasteiger partial charge is 0.303 e. The van der Waals surface area contributed by atoms with Gasteiger partial charge < -0.3 is 14.6 Å². The number of carboxylic acid groups (broad SMARTS) is 1. The molecule has 0 atom stereocenters. The predicted molar refractivity (Wildman–Crippen MR) is 69.7 cm³/mol. The number of methoxy groups -OCH3 is 1. The van der Waals surface area contributed by atoms with E-state index in [0.717, 1.165) is 5.56 Å². The van der Waals surface area contributed by atoms with Gasteiger partial charge in [-0.25, -0.2) is 0 Å². The Morgan fingerprint density at radius 3 is 2.56 bits per heavy atom. The molecular formula is C13H17ClO4. The van der Waals surface area contributed by atoms with Crippen LogP contribution in [-0.4, -0.2) is 24.3 Å². The summed E-state index contributed by atoms with van der Waals surface area (Å²) in [5.74, 6) is 0.276. The van der Waals surface area contributed by atoms with E-state index in [-0.39, 0.29) is 12.5 Å². The van der Waals surface area contributed by atoms with Gasteiger partial charge in [0.05, 0.1) is 13.2 Å². The highest BCUT2D eigenvalue weighted by molar-refractivity contribution is 6.31. The number of carboxylic acids is 1. The molecule has 0 saturated heterocycles. The Hall–Kier alpha value is -1.42. The molecule has 100 valence electrons. The highest BCUT2D eigenvalue weighted by atomic mass is 35.5. The Morgan fingerprint density at radius 1 is 1.39 bits per heavy atom. The molecule has 0 amide bonds. The lowest BCUT2D eigenvalue weighted by Gasteiger charge is -2.15. The summed E-state index contributed by atoms with van der Waals surface area (Å²) in [6, 6.07) is 3.39. The van der Waals surface area contributed by atoms with Crippen LogP contribution >= 0.6 is 11.6 Å². The van der Waals surface area contributed by atoms with Gasteiger partial charge in [-0.1, -0.05) is 11.6 Å². The van der Waals surface area contributed by atoms with Crippen LogP contribution in [-0.2, 0) is 11.2 Å². The molecule has 0 saturated carbocycles. The predicted octanol–water partition coefficient (Wildman–Crippen LogP) is 3.15. The van der Waals surface area contributed by atoms with Crippen LogP contribution in [0.1, 0.15) is 25.8 Å². The molecular weight excluding hydrogens is 256 g/mol. The lowest BCUT2D eigenvalue weighted by molar-refractivity contribution is -0.136. The first-order valence-corrected chi connectivity index (χ1v) is 6.06. The van der Waals surface area contributed by atoms with Crippen LogP contribution in [0.3, 0.4) is 0 Å². The molecule has 1 aromatic carbocycles. The van der Waals surface area contributed by atoms with E-state index in [1.807, 2.05) is 13.8 Å². The van der Waals surface area contributed by atoms with Gasteiger partial charge in [-0.2, -0.15) is 0 Å². The van der Waals surface area contributed by atoms with E-state index in [4.69, 9.17) is 26.2 Å². The molecule has 0 heterocycles. The fraction of sp³-hybridized carbons (Fsp3) is 0.462. The van der Waals surface area contributed by atoms with Crippen molar-refractivity contribution in [3.63, 3.8) is 0 Å². The lowest BCUT2D eigenvalue weighted by Crippen LogP contribution is -2.07. The van der Waals surface area contributed by atoms with Crippen LogP contribution in [0.4, 0.5) is 0 Å². The van der Waals surface area contributed by atoms with Crippen molar-refractivity contribution in [1.82, 2.24) is 0 Å². The maximum Gasteiger partial charge on any atom is 0.303 e. The van der Waals surface area contributed by atoms with E-state index in [2.05, 4.69) is 0 Å². The van der Waals surface area contributed by atoms with Gasteiger partial charge in [-0.3, -0.25) is 4.79 Å². The summed E-state index contributed by atoms with van der Waals surface area (Å²) < 4.78 is 10.8. The molecule has 0 aliphatic rings. The van der Waals surface area contributed by atoms with Crippen LogP contribution < -0.4 is 9.47 Å². The topological polar surface area (TPSA) is 55.8 Å². The van der Waals surface area contributed by atoms with Gasteiger partial charge in [0.25, 0.3) is 0 Å². The van der Waals surface area contributed by atoms with Gasteiger partial charge in [-0.15, -0.1) is 0 Å². The molecule has 1 aromatic rings. The number of carbonyl (C=O) groups is 1. The van der Waals surface area contributed by atoms with E-state index >= 15 is 0 Å². The van der Waals surface area contributed by atoms with E-state index in [1.165, 1.54) is 7.11 Å². The summed E-state index contributed by atoms with van der Waals surface area (Å²) >= 11 is 6.10. The molecule has 0 fully saturated rings. The number of benzene rings is 1. The zero-order valence-corrected chi connectivity index (χ0v) is 11.5. The molecule has 0 bridgehead atoms. The Morgan fingerprint density at radius 2 is 2.06 bits per heavy atom. The normalized spacial score (nSPS) is 10.5. The number of hydrogen-bond acceptors (Lipinski definition) is 3. The van der Waals surface area contributed by atoms with Crippen molar-refractivity contribution >= 4 is 17.6 Å². The van der Waals surface area contributed by atoms with Gasteiger partial charge in [0, 0.05) is 17.5 Å². The molecule has 5 heteroatoms. The van der Waals surface area contributed by atoms with E-state index < -0.39 is 5.97 Å². The van der Waals surface area contributed by atoms with Crippen molar-refractivity contribution < 1.29 is 19.4 Å². The molecule has 0 spiro atoms. The highest BCUT2D eigenvalue weighted by Crippen LogP contribution is 2.34. The van der Waals surface area contributed by atoms with E-state index in [0.29, 0.717) is 22.9 Å². The van der Waals surface area contributed by atoms with E-state index in [1.54, 1.807) is 12.1 Å². The zero-order chi connectivity index (χ0) is 13.7. The Balaban J connectivity index is 2.98. The van der Waals surface area contributed by atoms with Gasteiger partial charge >= 0.3 is 5.97 Å². The maximum atomic E-state index is 10.6. The number of rotatable bonds is 6. The quantitative estimate of drug-likeness (QED) is 0.864. The van der Waals surface area contributed by atoms with Crippen molar-refractivity contribution in [2.75, 3.05) is 7.11 Å². The third-order valence-electron chi connectivity index (χ3n) is 2.30. The molecule has 0 aliphatic heterocycles. The van der Waals surface area contributed by atoms with Crippen molar-refractivity contribution in [1.29, 1.82) is 0 Å². The summed E-state index contributed by atoms with van der Waals surface area (Å²) in [7, 11) is 1.54. The Kier molecular flexibility index (Phi) is 5.28. The summed E-state index contributed by atoms with van der Waals surface area (Å²) in [5.41, 5.74) is 0.743. The number of hydrogen-bond donors (Lipinski definition) is 1. The fourth-order valence-corrected chi connectivity index (χ4v) is 1.76. The van der Waals surface area contributed by atoms with Crippen LogP contribution in [0.5, 0.6) is 11.5 Å². The third kappa shape index (κ3) is 4.11. The molecule has 0 aliphatic carbocycles. The van der Waals surface area contributed by atoms with E-state index in [9.17, 15) is 4.79 Å². The van der Waals surface area contributed by atoms with Gasteiger partial charge in [0.2, 0.25) is 0 Å². The largest absolute Gasteiger partial charge is 0.493 e. The number of ether oxygens (including phenoxy) is 2. The zero-order valence-electron chi connectivity index (χ0n) is 10.7. The summed E-state index contributed by atoms with van der Waals surface area (Å²) in [6.45, 7) is 3.82. The van der Waals surface area contributed by atoms with Crippen molar-refractivity contribution in [3.05, 3.63) is 22.7 Å². The number of halogens is 1. The van der Waals surface area contributed by atoms with Crippen molar-refractivity contribution in [2.24, 2.45) is 0 Å². The van der Waals surface area contributed by atoms with Crippen LogP contribution in [0, 0.1) is 0 Å². The second-order valence-electron chi connectivity index (χ2n) is 4.15. The Labute approximate surface area is 111 Å². The maximum absolute atomic E-state index is 10.6. The van der Waals surface area contributed by atoms with Crippen LogP contribution in [0.2, 0.25) is 5.02 Å². The van der Waals surface area contributed by atoms with Gasteiger partial charge in [0.1, 0.15) is 0 Å². The minimum absolute atomic E-state index is 0.0137. The summed E-state index contributed by atoms with van der Waals surface area (Å²) in [5, 5.41) is 9.16. The second kappa shape index (κ2) is 6.50. The fourth-order valence-electron chi connectivity index (χ4n) is 1.52. The summed E-state index contributed by atoms with van der Waals surface area (Å²) in [4.78, 5) is 10.6. The molecule has 4 nitrogen and oxygen atoms in total. The average molecular weight is 273 g/mol. The SMILES string of the molecule is COc1cc(CCC(=O)O)c(Cl)cc1OC(C)C. The minimum atomic E-state index is -0.854. The lowest BCUT2D eigenvalue weighted by atomic mass is 10.1. The molecule has 1 N–H and O–H groups in total. The Bertz CT molecular complexity index is 429. The number of aryl methyl sites for hydroxylation is 1. The molecule has 0 aromatic heterocycles. The first-order chi connectivity index (χ1) is 8.43. The first-order valence-electron chi connectivity index (χ1n) is 5.69. The summed E-state index contributed by atoms with van der Waals surface area (Å²) in [6.07, 6.45) is 0.416. The van der Waals surface area contributed by atoms with Crippen molar-refractivity contribution in [2.45, 2.75) is 32.8 Å². The first kappa shape index (κ1) is 14.6. The molecule has 0 unspecified atom stereocenters. The number of aliphatic carboxylic acids is 1.